The molecule has 0 atom stereocenters. The van der Waals surface area contributed by atoms with Crippen LogP contribution in [0.5, 0.6) is 28.7 Å². The second kappa shape index (κ2) is 9.41. The quantitative estimate of drug-likeness (QED) is 0.692. The zero-order valence-corrected chi connectivity index (χ0v) is 15.3. The molecule has 2 aromatic rings. The van der Waals surface area contributed by atoms with Gasteiger partial charge >= 0.3 is 0 Å². The monoisotopic (exact) mass is 361 g/mol. The van der Waals surface area contributed by atoms with Crippen molar-refractivity contribution >= 4 is 5.91 Å². The number of carbonyl (C=O) groups is 1. The van der Waals surface area contributed by atoms with Crippen molar-refractivity contribution in [2.24, 2.45) is 0 Å². The fraction of sp³-hybridized carbons (Fsp3) is 0.316. The molecule has 0 aliphatic heterocycles. The summed E-state index contributed by atoms with van der Waals surface area (Å²) in [6.45, 7) is 0.592. The number of methoxy groups -OCH3 is 4. The van der Waals surface area contributed by atoms with Crippen LogP contribution in [0.3, 0.4) is 0 Å². The molecule has 1 amide bonds. The number of carbonyl (C=O) groups excluding carboxylic acids is 1. The van der Waals surface area contributed by atoms with Crippen molar-refractivity contribution in [3.05, 3.63) is 42.0 Å². The highest BCUT2D eigenvalue weighted by atomic mass is 16.5. The molecule has 0 saturated carbocycles. The van der Waals surface area contributed by atoms with Gasteiger partial charge in [-0.1, -0.05) is 6.07 Å². The molecule has 0 aromatic heterocycles. The molecule has 2 aromatic carbocycles. The lowest BCUT2D eigenvalue weighted by molar-refractivity contribution is 0.0946. The lowest BCUT2D eigenvalue weighted by Gasteiger charge is -2.14. The Hall–Kier alpha value is -3.09. The van der Waals surface area contributed by atoms with Crippen LogP contribution in [0.2, 0.25) is 0 Å². The van der Waals surface area contributed by atoms with Crippen LogP contribution >= 0.6 is 0 Å². The summed E-state index contributed by atoms with van der Waals surface area (Å²) in [5.74, 6) is 2.49. The summed E-state index contributed by atoms with van der Waals surface area (Å²) < 4.78 is 26.5. The molecule has 0 aliphatic carbocycles. The fourth-order valence-electron chi connectivity index (χ4n) is 2.34. The Morgan fingerprint density at radius 3 is 2.12 bits per heavy atom. The lowest BCUT2D eigenvalue weighted by Crippen LogP contribution is -2.28. The molecule has 0 spiro atoms. The lowest BCUT2D eigenvalue weighted by atomic mass is 10.2. The molecule has 0 radical (unpaired) electrons. The maximum absolute atomic E-state index is 12.3. The SMILES string of the molecule is COc1cc(OC)cc(C(=O)NCCOc2cccc(OC)c2OC)c1. The van der Waals surface area contributed by atoms with Gasteiger partial charge in [0.1, 0.15) is 18.1 Å². The van der Waals surface area contributed by atoms with Crippen molar-refractivity contribution in [1.29, 1.82) is 0 Å². The van der Waals surface area contributed by atoms with Gasteiger partial charge in [0, 0.05) is 11.6 Å². The van der Waals surface area contributed by atoms with E-state index in [9.17, 15) is 4.79 Å². The normalized spacial score (nSPS) is 10.0. The van der Waals surface area contributed by atoms with E-state index in [2.05, 4.69) is 5.32 Å². The van der Waals surface area contributed by atoms with Crippen LogP contribution in [0, 0.1) is 0 Å². The van der Waals surface area contributed by atoms with E-state index in [1.807, 2.05) is 0 Å². The van der Waals surface area contributed by atoms with Gasteiger partial charge in [-0.15, -0.1) is 0 Å². The summed E-state index contributed by atoms with van der Waals surface area (Å²) in [6, 6.07) is 10.3. The Bertz CT molecular complexity index is 725. The minimum absolute atomic E-state index is 0.247. The number of para-hydroxylation sites is 1. The van der Waals surface area contributed by atoms with Gasteiger partial charge < -0.3 is 29.0 Å². The first kappa shape index (κ1) is 19.2. The van der Waals surface area contributed by atoms with Gasteiger partial charge in [-0.3, -0.25) is 4.79 Å². The van der Waals surface area contributed by atoms with Gasteiger partial charge in [-0.05, 0) is 24.3 Å². The maximum atomic E-state index is 12.3. The van der Waals surface area contributed by atoms with Crippen LogP contribution in [0.4, 0.5) is 0 Å². The fourth-order valence-corrected chi connectivity index (χ4v) is 2.34. The Balaban J connectivity index is 1.93. The third kappa shape index (κ3) is 4.72. The first-order chi connectivity index (χ1) is 12.6. The van der Waals surface area contributed by atoms with Gasteiger partial charge in [-0.25, -0.2) is 0 Å². The highest BCUT2D eigenvalue weighted by Crippen LogP contribution is 2.36. The first-order valence-electron chi connectivity index (χ1n) is 7.98. The van der Waals surface area contributed by atoms with Crippen LogP contribution < -0.4 is 29.0 Å². The van der Waals surface area contributed by atoms with Crippen LogP contribution in [-0.4, -0.2) is 47.5 Å². The van der Waals surface area contributed by atoms with Crippen molar-refractivity contribution in [1.82, 2.24) is 5.32 Å². The molecule has 0 heterocycles. The van der Waals surface area contributed by atoms with Crippen LogP contribution in [0.25, 0.3) is 0 Å². The molecule has 0 unspecified atom stereocenters. The highest BCUT2D eigenvalue weighted by molar-refractivity contribution is 5.95. The Morgan fingerprint density at radius 1 is 0.885 bits per heavy atom. The van der Waals surface area contributed by atoms with Crippen molar-refractivity contribution in [2.45, 2.75) is 0 Å². The van der Waals surface area contributed by atoms with Crippen molar-refractivity contribution in [2.75, 3.05) is 41.6 Å². The smallest absolute Gasteiger partial charge is 0.251 e. The minimum Gasteiger partial charge on any atom is -0.497 e. The summed E-state index contributed by atoms with van der Waals surface area (Å²) in [5, 5.41) is 2.79. The van der Waals surface area contributed by atoms with E-state index >= 15 is 0 Å². The molecule has 26 heavy (non-hydrogen) atoms. The zero-order valence-electron chi connectivity index (χ0n) is 15.3. The second-order valence-electron chi connectivity index (χ2n) is 5.20. The molecule has 0 aliphatic rings. The molecule has 0 fully saturated rings. The number of hydrogen-bond acceptors (Lipinski definition) is 6. The summed E-state index contributed by atoms with van der Waals surface area (Å²) in [6.07, 6.45) is 0. The molecule has 0 bridgehead atoms. The third-order valence-corrected chi connectivity index (χ3v) is 3.63. The van der Waals surface area contributed by atoms with Gasteiger partial charge in [0.25, 0.3) is 5.91 Å². The third-order valence-electron chi connectivity index (χ3n) is 3.63. The largest absolute Gasteiger partial charge is 0.497 e. The number of amides is 1. The number of rotatable bonds is 9. The predicted octanol–water partition coefficient (Wildman–Crippen LogP) is 2.53. The molecule has 7 heteroatoms. The Kier molecular flexibility index (Phi) is 6.96. The Morgan fingerprint density at radius 2 is 1.54 bits per heavy atom. The summed E-state index contributed by atoms with van der Waals surface area (Å²) in [4.78, 5) is 12.3. The summed E-state index contributed by atoms with van der Waals surface area (Å²) in [7, 11) is 6.17. The van der Waals surface area contributed by atoms with E-state index in [4.69, 9.17) is 23.7 Å². The summed E-state index contributed by atoms with van der Waals surface area (Å²) in [5.41, 5.74) is 0.445. The van der Waals surface area contributed by atoms with Gasteiger partial charge in [0.05, 0.1) is 35.0 Å². The molecule has 1 N–H and O–H groups in total. The van der Waals surface area contributed by atoms with E-state index in [1.165, 1.54) is 14.2 Å². The average molecular weight is 361 g/mol. The van der Waals surface area contributed by atoms with E-state index in [-0.39, 0.29) is 12.5 Å². The number of nitrogens with one attached hydrogen (secondary N) is 1. The van der Waals surface area contributed by atoms with Crippen LogP contribution in [0.15, 0.2) is 36.4 Å². The van der Waals surface area contributed by atoms with E-state index in [1.54, 1.807) is 50.6 Å². The van der Waals surface area contributed by atoms with Crippen LogP contribution in [0.1, 0.15) is 10.4 Å². The number of ether oxygens (including phenoxy) is 5. The standard InChI is InChI=1S/C19H23NO6/c1-22-14-10-13(11-15(12-14)23-2)19(21)20-8-9-26-17-7-5-6-16(24-3)18(17)25-4/h5-7,10-12H,8-9H2,1-4H3,(H,20,21). The number of benzene rings is 2. The molecule has 7 nitrogen and oxygen atoms in total. The van der Waals surface area contributed by atoms with Gasteiger partial charge in [-0.2, -0.15) is 0 Å². The maximum Gasteiger partial charge on any atom is 0.251 e. The molecular weight excluding hydrogens is 338 g/mol. The van der Waals surface area contributed by atoms with Gasteiger partial charge in [0.2, 0.25) is 5.75 Å². The molecule has 0 saturated heterocycles. The summed E-state index contributed by atoms with van der Waals surface area (Å²) >= 11 is 0. The topological polar surface area (TPSA) is 75.3 Å². The molecule has 2 rings (SSSR count). The minimum atomic E-state index is -0.247. The van der Waals surface area contributed by atoms with Crippen molar-refractivity contribution in [3.63, 3.8) is 0 Å². The average Bonchev–Trinajstić information content (AvgIpc) is 2.69. The van der Waals surface area contributed by atoms with Crippen molar-refractivity contribution < 1.29 is 28.5 Å². The Labute approximate surface area is 152 Å². The van der Waals surface area contributed by atoms with Gasteiger partial charge in [0.15, 0.2) is 11.5 Å². The van der Waals surface area contributed by atoms with Crippen molar-refractivity contribution in [3.8, 4) is 28.7 Å². The predicted molar refractivity (Wildman–Crippen MR) is 96.9 cm³/mol. The first-order valence-corrected chi connectivity index (χ1v) is 7.98. The zero-order chi connectivity index (χ0) is 18.9. The second-order valence-corrected chi connectivity index (χ2v) is 5.20. The van der Waals surface area contributed by atoms with Crippen LogP contribution in [-0.2, 0) is 0 Å². The van der Waals surface area contributed by atoms with E-state index in [0.717, 1.165) is 0 Å². The molecule has 140 valence electrons. The number of hydrogen-bond donors (Lipinski definition) is 1. The van der Waals surface area contributed by atoms with E-state index < -0.39 is 0 Å². The molecular formula is C19H23NO6. The highest BCUT2D eigenvalue weighted by Gasteiger charge is 2.12. The van der Waals surface area contributed by atoms with E-state index in [0.29, 0.717) is 40.9 Å².